The van der Waals surface area contributed by atoms with Gasteiger partial charge in [0.25, 0.3) is 5.91 Å². The molecule has 0 radical (unpaired) electrons. The fourth-order valence-corrected chi connectivity index (χ4v) is 3.39. The number of halogens is 1. The van der Waals surface area contributed by atoms with Crippen molar-refractivity contribution in [3.8, 4) is 0 Å². The molecule has 9 heteroatoms. The Labute approximate surface area is 177 Å². The number of nitrogens with one attached hydrogen (secondary N) is 3. The van der Waals surface area contributed by atoms with Gasteiger partial charge in [-0.1, -0.05) is 12.1 Å². The summed E-state index contributed by atoms with van der Waals surface area (Å²) in [6.07, 6.45) is 1.81. The Kier molecular flexibility index (Phi) is 5.18. The van der Waals surface area contributed by atoms with Crippen LogP contribution in [0.25, 0.3) is 0 Å². The monoisotopic (exact) mass is 424 g/mol. The first-order valence-corrected chi connectivity index (χ1v) is 9.87. The summed E-state index contributed by atoms with van der Waals surface area (Å²) in [5, 5.41) is 8.00. The molecule has 31 heavy (non-hydrogen) atoms. The average molecular weight is 424 g/mol. The third-order valence-electron chi connectivity index (χ3n) is 5.38. The second-order valence-corrected chi connectivity index (χ2v) is 7.84. The van der Waals surface area contributed by atoms with Crippen LogP contribution in [0, 0.1) is 11.7 Å². The van der Waals surface area contributed by atoms with E-state index in [1.165, 1.54) is 31.2 Å². The molecule has 2 aromatic rings. The number of imide groups is 1. The molecule has 0 aromatic heterocycles. The van der Waals surface area contributed by atoms with Gasteiger partial charge in [-0.2, -0.15) is 0 Å². The molecule has 2 aromatic carbocycles. The lowest BCUT2D eigenvalue weighted by molar-refractivity contribution is -0.133. The third kappa shape index (κ3) is 4.25. The van der Waals surface area contributed by atoms with Crippen LogP contribution in [0.1, 0.15) is 25.3 Å². The van der Waals surface area contributed by atoms with E-state index in [1.807, 2.05) is 0 Å². The van der Waals surface area contributed by atoms with Gasteiger partial charge in [0.05, 0.1) is 0 Å². The maximum atomic E-state index is 13.2. The number of anilines is 2. The molecule has 3 N–H and O–H groups in total. The van der Waals surface area contributed by atoms with Crippen LogP contribution in [0.5, 0.6) is 0 Å². The van der Waals surface area contributed by atoms with Crippen molar-refractivity contribution in [2.45, 2.75) is 25.3 Å². The van der Waals surface area contributed by atoms with Crippen LogP contribution < -0.4 is 16.0 Å². The Morgan fingerprint density at radius 1 is 1.03 bits per heavy atom. The molecule has 0 spiro atoms. The summed E-state index contributed by atoms with van der Waals surface area (Å²) in [4.78, 5) is 50.2. The number of nitrogens with zero attached hydrogens (tertiary/aromatic N) is 1. The van der Waals surface area contributed by atoms with Gasteiger partial charge in [-0.05, 0) is 61.7 Å². The summed E-state index contributed by atoms with van der Waals surface area (Å²) >= 11 is 0. The number of rotatable bonds is 6. The minimum atomic E-state index is -1.38. The van der Waals surface area contributed by atoms with Crippen molar-refractivity contribution in [2.75, 3.05) is 17.2 Å². The molecule has 1 heterocycles. The van der Waals surface area contributed by atoms with E-state index in [2.05, 4.69) is 16.0 Å². The van der Waals surface area contributed by atoms with Crippen LogP contribution in [0.15, 0.2) is 48.5 Å². The zero-order chi connectivity index (χ0) is 22.2. The molecule has 160 valence electrons. The number of amides is 5. The smallest absolute Gasteiger partial charge is 0.325 e. The van der Waals surface area contributed by atoms with Crippen LogP contribution >= 0.6 is 0 Å². The van der Waals surface area contributed by atoms with Crippen LogP contribution in [0.2, 0.25) is 0 Å². The van der Waals surface area contributed by atoms with E-state index in [-0.39, 0.29) is 11.8 Å². The molecule has 5 amide bonds. The van der Waals surface area contributed by atoms with Crippen molar-refractivity contribution in [2.24, 2.45) is 5.92 Å². The minimum absolute atomic E-state index is 0.0143. The largest absolute Gasteiger partial charge is 0.326 e. The zero-order valence-corrected chi connectivity index (χ0v) is 16.8. The molecule has 1 unspecified atom stereocenters. The molecule has 2 aliphatic rings. The Bertz CT molecular complexity index is 1050. The van der Waals surface area contributed by atoms with Crippen molar-refractivity contribution >= 4 is 35.1 Å². The van der Waals surface area contributed by atoms with Crippen LogP contribution in [0.4, 0.5) is 20.6 Å². The molecule has 1 saturated carbocycles. The van der Waals surface area contributed by atoms with Crippen molar-refractivity contribution in [3.63, 3.8) is 0 Å². The third-order valence-corrected chi connectivity index (χ3v) is 5.38. The highest BCUT2D eigenvalue weighted by atomic mass is 19.1. The highest BCUT2D eigenvalue weighted by Gasteiger charge is 2.49. The van der Waals surface area contributed by atoms with E-state index < -0.39 is 35.7 Å². The van der Waals surface area contributed by atoms with Gasteiger partial charge in [0.15, 0.2) is 0 Å². The highest BCUT2D eigenvalue weighted by molar-refractivity contribution is 6.10. The number of benzene rings is 2. The van der Waals surface area contributed by atoms with E-state index in [0.717, 1.165) is 17.7 Å². The SMILES string of the molecule is CC1(c2ccc(F)cc2)NC(=O)N(CC(=O)Nc2ccc(NC(=O)C3CC3)cc2)C1=O. The summed E-state index contributed by atoms with van der Waals surface area (Å²) in [6.45, 7) is 1.04. The van der Waals surface area contributed by atoms with E-state index in [4.69, 9.17) is 0 Å². The van der Waals surface area contributed by atoms with Gasteiger partial charge >= 0.3 is 6.03 Å². The lowest BCUT2D eigenvalue weighted by Gasteiger charge is -2.22. The van der Waals surface area contributed by atoms with Crippen LogP contribution in [0.3, 0.4) is 0 Å². The summed E-state index contributed by atoms with van der Waals surface area (Å²) < 4.78 is 13.2. The quantitative estimate of drug-likeness (QED) is 0.620. The lowest BCUT2D eigenvalue weighted by atomic mass is 9.92. The molecular weight excluding hydrogens is 403 g/mol. The van der Waals surface area contributed by atoms with Gasteiger partial charge in [0.2, 0.25) is 11.8 Å². The fourth-order valence-electron chi connectivity index (χ4n) is 3.39. The Morgan fingerprint density at radius 3 is 2.19 bits per heavy atom. The standard InChI is InChI=1S/C22H21FN4O4/c1-22(14-4-6-15(23)7-5-14)20(30)27(21(31)26-22)12-18(28)24-16-8-10-17(11-9-16)25-19(29)13-2-3-13/h4-11,13H,2-3,12H2,1H3,(H,24,28)(H,25,29)(H,26,31). The van der Waals surface area contributed by atoms with Crippen molar-refractivity contribution < 1.29 is 23.6 Å². The predicted octanol–water partition coefficient (Wildman–Crippen LogP) is 2.58. The van der Waals surface area contributed by atoms with E-state index >= 15 is 0 Å². The second kappa shape index (κ2) is 7.82. The van der Waals surface area contributed by atoms with Crippen LogP contribution in [-0.4, -0.2) is 35.2 Å². The highest BCUT2D eigenvalue weighted by Crippen LogP contribution is 2.30. The fraction of sp³-hybridized carbons (Fsp3) is 0.273. The molecule has 1 saturated heterocycles. The molecule has 1 aliphatic carbocycles. The van der Waals surface area contributed by atoms with Crippen molar-refractivity contribution in [1.29, 1.82) is 0 Å². The first-order chi connectivity index (χ1) is 14.8. The summed E-state index contributed by atoms with van der Waals surface area (Å²) in [5.41, 5.74) is 0.118. The van der Waals surface area contributed by atoms with Crippen LogP contribution in [-0.2, 0) is 19.9 Å². The minimum Gasteiger partial charge on any atom is -0.326 e. The topological polar surface area (TPSA) is 108 Å². The van der Waals surface area contributed by atoms with E-state index in [1.54, 1.807) is 24.3 Å². The summed E-state index contributed by atoms with van der Waals surface area (Å²) in [5.74, 6) is -1.54. The van der Waals surface area contributed by atoms with Gasteiger partial charge in [-0.25, -0.2) is 9.18 Å². The number of urea groups is 1. The molecule has 1 atom stereocenters. The summed E-state index contributed by atoms with van der Waals surface area (Å²) in [7, 11) is 0. The van der Waals surface area contributed by atoms with Gasteiger partial charge < -0.3 is 16.0 Å². The molecule has 0 bridgehead atoms. The van der Waals surface area contributed by atoms with Gasteiger partial charge in [0, 0.05) is 17.3 Å². The lowest BCUT2D eigenvalue weighted by Crippen LogP contribution is -2.42. The number of hydrogen-bond donors (Lipinski definition) is 3. The Hall–Kier alpha value is -3.75. The first-order valence-electron chi connectivity index (χ1n) is 9.87. The Morgan fingerprint density at radius 2 is 1.61 bits per heavy atom. The molecule has 8 nitrogen and oxygen atoms in total. The first kappa shape index (κ1) is 20.5. The molecule has 4 rings (SSSR count). The zero-order valence-electron chi connectivity index (χ0n) is 16.8. The van der Waals surface area contributed by atoms with Gasteiger partial charge in [0.1, 0.15) is 17.9 Å². The predicted molar refractivity (Wildman–Crippen MR) is 110 cm³/mol. The molecule has 2 fully saturated rings. The number of carbonyl (C=O) groups is 4. The Balaban J connectivity index is 1.37. The maximum absolute atomic E-state index is 13.2. The van der Waals surface area contributed by atoms with Crippen molar-refractivity contribution in [1.82, 2.24) is 10.2 Å². The summed E-state index contributed by atoms with van der Waals surface area (Å²) in [6, 6.07) is 11.1. The van der Waals surface area contributed by atoms with E-state index in [9.17, 15) is 23.6 Å². The van der Waals surface area contributed by atoms with E-state index in [0.29, 0.717) is 16.9 Å². The maximum Gasteiger partial charge on any atom is 0.325 e. The number of carbonyl (C=O) groups excluding carboxylic acids is 4. The van der Waals surface area contributed by atoms with Gasteiger partial charge in [-0.3, -0.25) is 19.3 Å². The molecular formula is C22H21FN4O4. The van der Waals surface area contributed by atoms with Crippen molar-refractivity contribution in [3.05, 3.63) is 59.9 Å². The molecule has 1 aliphatic heterocycles. The number of hydrogen-bond acceptors (Lipinski definition) is 4. The second-order valence-electron chi connectivity index (χ2n) is 7.84. The van der Waals surface area contributed by atoms with Gasteiger partial charge in [-0.15, -0.1) is 0 Å². The normalized spacial score (nSPS) is 20.4. The average Bonchev–Trinajstić information content (AvgIpc) is 3.56.